The Hall–Kier alpha value is -2.50. The van der Waals surface area contributed by atoms with E-state index in [2.05, 4.69) is 15.8 Å². The van der Waals surface area contributed by atoms with E-state index < -0.39 is 0 Å². The second-order valence-electron chi connectivity index (χ2n) is 6.31. The molecule has 124 valence electrons. The van der Waals surface area contributed by atoms with Crippen LogP contribution in [-0.2, 0) is 11.8 Å². The average molecular weight is 317 g/mol. The van der Waals surface area contributed by atoms with Crippen LogP contribution in [0.2, 0.25) is 0 Å². The molecule has 0 spiro atoms. The van der Waals surface area contributed by atoms with Crippen LogP contribution in [0.25, 0.3) is 0 Å². The van der Waals surface area contributed by atoms with Gasteiger partial charge in [-0.1, -0.05) is 38.1 Å². The third kappa shape index (κ3) is 5.02. The smallest absolute Gasteiger partial charge is 0.320 e. The lowest BCUT2D eigenvalue weighted by atomic mass is 9.93. The van der Waals surface area contributed by atoms with E-state index in [9.17, 15) is 4.79 Å². The minimum Gasteiger partial charge on any atom is -0.497 e. The Morgan fingerprint density at radius 3 is 2.74 bits per heavy atom. The Labute approximate surface area is 136 Å². The van der Waals surface area contributed by atoms with Crippen LogP contribution < -0.4 is 15.4 Å². The molecule has 0 bridgehead atoms. The maximum absolute atomic E-state index is 11.9. The largest absolute Gasteiger partial charge is 0.497 e. The first kappa shape index (κ1) is 16.9. The predicted octanol–water partition coefficient (Wildman–Crippen LogP) is 3.34. The fraction of sp³-hybridized carbons (Fsp3) is 0.412. The zero-order chi connectivity index (χ0) is 16.9. The highest BCUT2D eigenvalue weighted by Gasteiger charge is 2.20. The summed E-state index contributed by atoms with van der Waals surface area (Å²) in [7, 11) is 1.63. The van der Waals surface area contributed by atoms with Gasteiger partial charge in [0.05, 0.1) is 7.11 Å². The summed E-state index contributed by atoms with van der Waals surface area (Å²) >= 11 is 0. The van der Waals surface area contributed by atoms with Gasteiger partial charge in [0, 0.05) is 18.0 Å². The molecule has 0 unspecified atom stereocenters. The zero-order valence-corrected chi connectivity index (χ0v) is 14.0. The number of carbonyl (C=O) groups excluding carboxylic acids is 1. The Morgan fingerprint density at radius 2 is 2.09 bits per heavy atom. The topological polar surface area (TPSA) is 76.4 Å². The number of methoxy groups -OCH3 is 1. The number of rotatable bonds is 5. The highest BCUT2D eigenvalue weighted by atomic mass is 16.5. The van der Waals surface area contributed by atoms with Crippen LogP contribution in [0.15, 0.2) is 34.9 Å². The third-order valence-electron chi connectivity index (χ3n) is 3.32. The van der Waals surface area contributed by atoms with Crippen molar-refractivity contribution >= 4 is 11.8 Å². The van der Waals surface area contributed by atoms with Gasteiger partial charge >= 0.3 is 6.03 Å². The van der Waals surface area contributed by atoms with Gasteiger partial charge in [-0.2, -0.15) is 0 Å². The summed E-state index contributed by atoms with van der Waals surface area (Å²) in [5.41, 5.74) is 0.955. The van der Waals surface area contributed by atoms with Gasteiger partial charge in [-0.25, -0.2) is 4.79 Å². The predicted molar refractivity (Wildman–Crippen MR) is 88.9 cm³/mol. The highest BCUT2D eigenvalue weighted by molar-refractivity contribution is 5.88. The van der Waals surface area contributed by atoms with Gasteiger partial charge in [-0.15, -0.1) is 0 Å². The molecule has 0 aliphatic heterocycles. The van der Waals surface area contributed by atoms with Crippen LogP contribution in [0.1, 0.15) is 32.1 Å². The number of aromatic nitrogens is 1. The number of anilines is 1. The van der Waals surface area contributed by atoms with E-state index in [1.807, 2.05) is 45.0 Å². The summed E-state index contributed by atoms with van der Waals surface area (Å²) in [5.74, 6) is 1.95. The van der Waals surface area contributed by atoms with E-state index >= 15 is 0 Å². The molecule has 1 aromatic carbocycles. The van der Waals surface area contributed by atoms with E-state index in [1.165, 1.54) is 0 Å². The second kappa shape index (κ2) is 7.17. The monoisotopic (exact) mass is 317 g/mol. The lowest BCUT2D eigenvalue weighted by Crippen LogP contribution is -2.30. The van der Waals surface area contributed by atoms with Gasteiger partial charge in [0.15, 0.2) is 5.82 Å². The molecule has 0 saturated carbocycles. The van der Waals surface area contributed by atoms with Crippen molar-refractivity contribution in [2.45, 2.75) is 32.6 Å². The first-order chi connectivity index (χ1) is 10.9. The number of carbonyl (C=O) groups is 1. The fourth-order valence-corrected chi connectivity index (χ4v) is 2.00. The van der Waals surface area contributed by atoms with Crippen LogP contribution in [0, 0.1) is 0 Å². The summed E-state index contributed by atoms with van der Waals surface area (Å²) < 4.78 is 10.4. The number of ether oxygens (including phenoxy) is 1. The number of nitrogens with one attached hydrogen (secondary N) is 2. The van der Waals surface area contributed by atoms with Crippen molar-refractivity contribution in [2.75, 3.05) is 19.0 Å². The first-order valence-electron chi connectivity index (χ1n) is 7.53. The SMILES string of the molecule is COc1cccc(CCNC(=O)Nc2cc(C(C)(C)C)on2)c1. The molecule has 0 atom stereocenters. The standard InChI is InChI=1S/C17H23N3O3/c1-17(2,3)14-11-15(20-23-14)19-16(21)18-9-8-12-6-5-7-13(10-12)22-4/h5-7,10-11H,8-9H2,1-4H3,(H2,18,19,20,21). The quantitative estimate of drug-likeness (QED) is 0.886. The van der Waals surface area contributed by atoms with Crippen molar-refractivity contribution in [3.05, 3.63) is 41.7 Å². The Balaban J connectivity index is 1.80. The molecule has 0 radical (unpaired) electrons. The van der Waals surface area contributed by atoms with Crippen LogP contribution in [0.4, 0.5) is 10.6 Å². The third-order valence-corrected chi connectivity index (χ3v) is 3.32. The maximum atomic E-state index is 11.9. The van der Waals surface area contributed by atoms with Crippen LogP contribution in [-0.4, -0.2) is 24.8 Å². The Bertz CT molecular complexity index is 659. The molecule has 23 heavy (non-hydrogen) atoms. The molecule has 0 aliphatic carbocycles. The molecule has 0 aliphatic rings. The van der Waals surface area contributed by atoms with E-state index in [0.29, 0.717) is 12.4 Å². The Morgan fingerprint density at radius 1 is 1.30 bits per heavy atom. The van der Waals surface area contributed by atoms with Gasteiger partial charge in [0.25, 0.3) is 0 Å². The van der Waals surface area contributed by atoms with Crippen molar-refractivity contribution in [3.8, 4) is 5.75 Å². The summed E-state index contributed by atoms with van der Waals surface area (Å²) in [4.78, 5) is 11.9. The number of amides is 2. The van der Waals surface area contributed by atoms with Crippen LogP contribution >= 0.6 is 0 Å². The molecule has 1 heterocycles. The van der Waals surface area contributed by atoms with Gasteiger partial charge in [-0.05, 0) is 24.1 Å². The van der Waals surface area contributed by atoms with Crippen LogP contribution in [0.3, 0.4) is 0 Å². The van der Waals surface area contributed by atoms with E-state index in [1.54, 1.807) is 13.2 Å². The first-order valence-corrected chi connectivity index (χ1v) is 7.53. The number of hydrogen-bond donors (Lipinski definition) is 2. The van der Waals surface area contributed by atoms with E-state index in [0.717, 1.165) is 23.5 Å². The van der Waals surface area contributed by atoms with E-state index in [-0.39, 0.29) is 11.4 Å². The van der Waals surface area contributed by atoms with Gasteiger partial charge in [0.1, 0.15) is 11.5 Å². The number of urea groups is 1. The number of benzene rings is 1. The maximum Gasteiger partial charge on any atom is 0.320 e. The van der Waals surface area contributed by atoms with Crippen molar-refractivity contribution in [1.82, 2.24) is 10.5 Å². The summed E-state index contributed by atoms with van der Waals surface area (Å²) in [5, 5.41) is 9.30. The molecule has 0 fully saturated rings. The normalized spacial score (nSPS) is 11.1. The minimum absolute atomic E-state index is 0.143. The van der Waals surface area contributed by atoms with Crippen molar-refractivity contribution < 1.29 is 14.1 Å². The Kier molecular flexibility index (Phi) is 5.26. The summed E-state index contributed by atoms with van der Waals surface area (Å²) in [6, 6.07) is 9.20. The molecule has 2 N–H and O–H groups in total. The van der Waals surface area contributed by atoms with E-state index in [4.69, 9.17) is 9.26 Å². The molecular formula is C17H23N3O3. The molecule has 2 aromatic rings. The molecule has 2 amide bonds. The molecule has 1 aromatic heterocycles. The minimum atomic E-state index is -0.304. The van der Waals surface area contributed by atoms with Gasteiger partial charge in [-0.3, -0.25) is 5.32 Å². The van der Waals surface area contributed by atoms with Crippen molar-refractivity contribution in [1.29, 1.82) is 0 Å². The van der Waals surface area contributed by atoms with Crippen molar-refractivity contribution in [3.63, 3.8) is 0 Å². The second-order valence-corrected chi connectivity index (χ2v) is 6.31. The lowest BCUT2D eigenvalue weighted by Gasteiger charge is -2.12. The van der Waals surface area contributed by atoms with Crippen molar-refractivity contribution in [2.24, 2.45) is 0 Å². The molecular weight excluding hydrogens is 294 g/mol. The molecule has 6 nitrogen and oxygen atoms in total. The number of nitrogens with zero attached hydrogens (tertiary/aromatic N) is 1. The van der Waals surface area contributed by atoms with Gasteiger partial charge < -0.3 is 14.6 Å². The summed E-state index contributed by atoms with van der Waals surface area (Å²) in [6.45, 7) is 6.57. The summed E-state index contributed by atoms with van der Waals surface area (Å²) in [6.07, 6.45) is 0.719. The molecule has 6 heteroatoms. The highest BCUT2D eigenvalue weighted by Crippen LogP contribution is 2.24. The number of hydrogen-bond acceptors (Lipinski definition) is 4. The van der Waals surface area contributed by atoms with Gasteiger partial charge in [0.2, 0.25) is 0 Å². The van der Waals surface area contributed by atoms with Crippen LogP contribution in [0.5, 0.6) is 5.75 Å². The molecule has 2 rings (SSSR count). The molecule has 0 saturated heterocycles. The zero-order valence-electron chi connectivity index (χ0n) is 14.0. The lowest BCUT2D eigenvalue weighted by molar-refractivity contribution is 0.252. The fourth-order valence-electron chi connectivity index (χ4n) is 2.00. The average Bonchev–Trinajstić information content (AvgIpc) is 2.96.